The molecular weight excluding hydrogens is 589 g/mol. The summed E-state index contributed by atoms with van der Waals surface area (Å²) in [6.45, 7) is 6.32. The standard InChI is InChI=1S/C36H44FN3O6/c1-5-9-26(10-6-2)40(27-13-14-29(37)23(3)17-27)33(41)21-39-20-28(24-18-31(44-4)35-32(19-24)45-22-46-35)34(36(42)43)30(39)15-12-25-11-7-8-16-38-25/h7-8,11,13-14,16-19,26,28,30,34H,5-6,9-10,12,15,20-22H2,1-4H3,(H,42,43)/t28-,30+,34-/m1/s1. The van der Waals surface area contributed by atoms with Gasteiger partial charge in [-0.1, -0.05) is 32.8 Å². The highest BCUT2D eigenvalue weighted by atomic mass is 19.1. The van der Waals surface area contributed by atoms with E-state index in [-0.39, 0.29) is 31.1 Å². The second kappa shape index (κ2) is 14.9. The number of fused-ring (bicyclic) bond motifs is 1. The molecule has 1 amide bonds. The van der Waals surface area contributed by atoms with E-state index in [1.54, 1.807) is 32.4 Å². The van der Waals surface area contributed by atoms with Gasteiger partial charge in [-0.2, -0.15) is 0 Å². The van der Waals surface area contributed by atoms with E-state index in [2.05, 4.69) is 18.8 Å². The molecule has 46 heavy (non-hydrogen) atoms. The lowest BCUT2D eigenvalue weighted by molar-refractivity contribution is -0.143. The predicted molar refractivity (Wildman–Crippen MR) is 173 cm³/mol. The lowest BCUT2D eigenvalue weighted by Crippen LogP contribution is -2.48. The van der Waals surface area contributed by atoms with Gasteiger partial charge in [-0.3, -0.25) is 19.5 Å². The van der Waals surface area contributed by atoms with Crippen molar-refractivity contribution in [1.29, 1.82) is 0 Å². The number of methoxy groups -OCH3 is 1. The number of carbonyl (C=O) groups is 2. The molecule has 0 saturated carbocycles. The van der Waals surface area contributed by atoms with Crippen LogP contribution in [0.25, 0.3) is 0 Å². The van der Waals surface area contributed by atoms with Crippen molar-refractivity contribution in [1.82, 2.24) is 9.88 Å². The Balaban J connectivity index is 1.52. The van der Waals surface area contributed by atoms with E-state index in [1.165, 1.54) is 6.07 Å². The van der Waals surface area contributed by atoms with Crippen molar-refractivity contribution in [3.63, 3.8) is 0 Å². The first-order valence-corrected chi connectivity index (χ1v) is 16.2. The maximum atomic E-state index is 14.5. The van der Waals surface area contributed by atoms with Crippen LogP contribution >= 0.6 is 0 Å². The minimum absolute atomic E-state index is 0.0230. The maximum Gasteiger partial charge on any atom is 0.308 e. The van der Waals surface area contributed by atoms with Crippen LogP contribution in [0.3, 0.4) is 0 Å². The van der Waals surface area contributed by atoms with Gasteiger partial charge in [0, 0.05) is 42.1 Å². The number of carbonyl (C=O) groups excluding carboxylic acids is 1. The van der Waals surface area contributed by atoms with Crippen LogP contribution in [0.15, 0.2) is 54.7 Å². The Kier molecular flexibility index (Phi) is 10.8. The summed E-state index contributed by atoms with van der Waals surface area (Å²) in [5.74, 6) is -1.13. The Labute approximate surface area is 270 Å². The zero-order chi connectivity index (χ0) is 32.8. The number of nitrogens with zero attached hydrogens (tertiary/aromatic N) is 3. The fraction of sp³-hybridized carbons (Fsp3) is 0.472. The summed E-state index contributed by atoms with van der Waals surface area (Å²) in [5.41, 5.74) is 2.75. The Morgan fingerprint density at radius 3 is 2.57 bits per heavy atom. The third-order valence-corrected chi connectivity index (χ3v) is 9.20. The molecule has 3 heterocycles. The van der Waals surface area contributed by atoms with Crippen molar-refractivity contribution in [2.45, 2.75) is 77.3 Å². The van der Waals surface area contributed by atoms with E-state index in [0.717, 1.165) is 36.9 Å². The van der Waals surface area contributed by atoms with Crippen molar-refractivity contribution in [2.75, 3.05) is 31.9 Å². The van der Waals surface area contributed by atoms with Gasteiger partial charge in [0.25, 0.3) is 0 Å². The van der Waals surface area contributed by atoms with Crippen LogP contribution in [0.1, 0.15) is 68.7 Å². The van der Waals surface area contributed by atoms with Crippen LogP contribution < -0.4 is 19.1 Å². The third-order valence-electron chi connectivity index (χ3n) is 9.20. The number of ether oxygens (including phenoxy) is 3. The highest BCUT2D eigenvalue weighted by Gasteiger charge is 2.48. The number of rotatable bonds is 14. The molecule has 0 spiro atoms. The van der Waals surface area contributed by atoms with Gasteiger partial charge in [0.2, 0.25) is 18.4 Å². The largest absolute Gasteiger partial charge is 0.493 e. The number of anilines is 1. The zero-order valence-electron chi connectivity index (χ0n) is 27.1. The lowest BCUT2D eigenvalue weighted by atomic mass is 9.83. The van der Waals surface area contributed by atoms with Crippen molar-refractivity contribution >= 4 is 17.6 Å². The van der Waals surface area contributed by atoms with Gasteiger partial charge in [-0.15, -0.1) is 0 Å². The predicted octanol–water partition coefficient (Wildman–Crippen LogP) is 6.37. The van der Waals surface area contributed by atoms with Crippen molar-refractivity contribution < 1.29 is 33.3 Å². The van der Waals surface area contributed by atoms with Gasteiger partial charge in [0.15, 0.2) is 11.5 Å². The molecule has 1 saturated heterocycles. The number of benzene rings is 2. The number of halogens is 1. The molecule has 2 aliphatic heterocycles. The summed E-state index contributed by atoms with van der Waals surface area (Å²) >= 11 is 0. The Hall–Kier alpha value is -4.18. The molecule has 0 aliphatic carbocycles. The first-order valence-electron chi connectivity index (χ1n) is 16.2. The molecule has 246 valence electrons. The van der Waals surface area contributed by atoms with Crippen molar-refractivity contribution in [3.8, 4) is 17.2 Å². The quantitative estimate of drug-likeness (QED) is 0.219. The van der Waals surface area contributed by atoms with E-state index in [1.807, 2.05) is 40.1 Å². The van der Waals surface area contributed by atoms with Gasteiger partial charge in [0.05, 0.1) is 19.6 Å². The average molecular weight is 634 g/mol. The van der Waals surface area contributed by atoms with Crippen LogP contribution in [0.4, 0.5) is 10.1 Å². The van der Waals surface area contributed by atoms with Crippen molar-refractivity contribution in [2.24, 2.45) is 5.92 Å². The summed E-state index contributed by atoms with van der Waals surface area (Å²) in [6.07, 6.45) is 6.17. The molecule has 0 radical (unpaired) electrons. The zero-order valence-corrected chi connectivity index (χ0v) is 27.1. The molecule has 2 aromatic carbocycles. The second-order valence-electron chi connectivity index (χ2n) is 12.2. The number of carboxylic acids is 1. The van der Waals surface area contributed by atoms with Crippen LogP contribution in [0.2, 0.25) is 0 Å². The Morgan fingerprint density at radius 1 is 1.13 bits per heavy atom. The normalized spacial score (nSPS) is 19.0. The molecule has 10 heteroatoms. The van der Waals surface area contributed by atoms with Gasteiger partial charge < -0.3 is 24.2 Å². The van der Waals surface area contributed by atoms with Crippen molar-refractivity contribution in [3.05, 3.63) is 77.4 Å². The summed E-state index contributed by atoms with van der Waals surface area (Å²) in [7, 11) is 1.54. The molecule has 5 rings (SSSR count). The molecule has 1 N–H and O–H groups in total. The lowest BCUT2D eigenvalue weighted by Gasteiger charge is -2.35. The number of aliphatic carboxylic acids is 1. The van der Waals surface area contributed by atoms with Gasteiger partial charge in [0.1, 0.15) is 5.82 Å². The molecule has 2 aliphatic rings. The van der Waals surface area contributed by atoms with E-state index in [0.29, 0.717) is 47.9 Å². The van der Waals surface area contributed by atoms with Gasteiger partial charge in [-0.25, -0.2) is 4.39 Å². The SMILES string of the molecule is CCCC(CCC)N(C(=O)CN1C[C@H](c2cc(OC)c3c(c2)OCO3)[C@@H](C(=O)O)[C@@H]1CCc1ccccn1)c1ccc(F)c(C)c1. The third kappa shape index (κ3) is 7.12. The number of aryl methyl sites for hydroxylation is 2. The molecule has 1 fully saturated rings. The molecule has 0 bridgehead atoms. The highest BCUT2D eigenvalue weighted by Crippen LogP contribution is 2.47. The van der Waals surface area contributed by atoms with Crippen LogP contribution in [-0.4, -0.2) is 65.9 Å². The molecule has 9 nitrogen and oxygen atoms in total. The number of pyridine rings is 1. The summed E-state index contributed by atoms with van der Waals surface area (Å²) < 4.78 is 31.2. The number of likely N-dealkylation sites (tertiary alicyclic amines) is 1. The van der Waals surface area contributed by atoms with Crippen LogP contribution in [-0.2, 0) is 16.0 Å². The van der Waals surface area contributed by atoms with E-state index >= 15 is 0 Å². The molecule has 3 aromatic rings. The minimum Gasteiger partial charge on any atom is -0.493 e. The van der Waals surface area contributed by atoms with E-state index < -0.39 is 23.8 Å². The number of hydrogen-bond donors (Lipinski definition) is 1. The number of carboxylic acid groups (broad SMARTS) is 1. The van der Waals surface area contributed by atoms with Crippen LogP contribution in [0, 0.1) is 18.7 Å². The van der Waals surface area contributed by atoms with Gasteiger partial charge >= 0.3 is 5.97 Å². The van der Waals surface area contributed by atoms with E-state index in [9.17, 15) is 19.1 Å². The smallest absolute Gasteiger partial charge is 0.308 e. The fourth-order valence-corrected chi connectivity index (χ4v) is 7.05. The summed E-state index contributed by atoms with van der Waals surface area (Å²) in [4.78, 5) is 35.8. The second-order valence-corrected chi connectivity index (χ2v) is 12.2. The first-order chi connectivity index (χ1) is 22.2. The van der Waals surface area contributed by atoms with Crippen LogP contribution in [0.5, 0.6) is 17.2 Å². The monoisotopic (exact) mass is 633 g/mol. The molecule has 0 unspecified atom stereocenters. The summed E-state index contributed by atoms with van der Waals surface area (Å²) in [6, 6.07) is 13.6. The number of aromatic nitrogens is 1. The topological polar surface area (TPSA) is 101 Å². The number of amides is 1. The summed E-state index contributed by atoms with van der Waals surface area (Å²) in [5, 5.41) is 10.7. The first kappa shape index (κ1) is 33.2. The Morgan fingerprint density at radius 2 is 1.91 bits per heavy atom. The molecule has 3 atom stereocenters. The Bertz CT molecular complexity index is 1510. The highest BCUT2D eigenvalue weighted by molar-refractivity contribution is 5.95. The number of hydrogen-bond acceptors (Lipinski definition) is 7. The minimum atomic E-state index is -0.927. The fourth-order valence-electron chi connectivity index (χ4n) is 7.05. The van der Waals surface area contributed by atoms with E-state index in [4.69, 9.17) is 14.2 Å². The average Bonchev–Trinajstić information content (AvgIpc) is 3.67. The maximum absolute atomic E-state index is 14.5. The van der Waals surface area contributed by atoms with Gasteiger partial charge in [-0.05, 0) is 86.2 Å². The molecule has 1 aromatic heterocycles. The molecular formula is C36H44FN3O6.